The van der Waals surface area contributed by atoms with Gasteiger partial charge in [0.25, 0.3) is 0 Å². The number of amides is 1. The van der Waals surface area contributed by atoms with Gasteiger partial charge in [-0.3, -0.25) is 4.79 Å². The maximum atomic E-state index is 12.5. The van der Waals surface area contributed by atoms with Crippen LogP contribution in [0.25, 0.3) is 0 Å². The van der Waals surface area contributed by atoms with Crippen LogP contribution in [-0.2, 0) is 20.9 Å². The van der Waals surface area contributed by atoms with E-state index in [0.717, 1.165) is 16.9 Å². The lowest BCUT2D eigenvalue weighted by atomic mass is 9.89. The Labute approximate surface area is 158 Å². The van der Waals surface area contributed by atoms with Crippen LogP contribution < -0.4 is 4.74 Å². The molecule has 0 aromatic heterocycles. The molecule has 1 saturated heterocycles. The molecule has 6 nitrogen and oxygen atoms in total. The average molecular weight is 369 g/mol. The first-order chi connectivity index (χ1) is 13.1. The van der Waals surface area contributed by atoms with E-state index in [1.54, 1.807) is 12.0 Å². The molecule has 142 valence electrons. The van der Waals surface area contributed by atoms with Crippen molar-refractivity contribution in [1.82, 2.24) is 4.90 Å². The molecule has 1 heterocycles. The highest BCUT2D eigenvalue weighted by Crippen LogP contribution is 2.34. The standard InChI is InChI=1S/C21H23NO5/c1-25-17-10-8-16(9-11-17)18-12-22(13-19(18)20(23)26-2)21(24)27-14-15-6-4-3-5-7-15/h3-11,18-19H,12-14H2,1-2H3/t18-,19?/m0/s1. The first-order valence-corrected chi connectivity index (χ1v) is 8.79. The van der Waals surface area contributed by atoms with Crippen molar-refractivity contribution < 1.29 is 23.8 Å². The molecule has 1 fully saturated rings. The third kappa shape index (κ3) is 4.39. The minimum absolute atomic E-state index is 0.146. The molecular weight excluding hydrogens is 346 g/mol. The second kappa shape index (κ2) is 8.58. The van der Waals surface area contributed by atoms with Gasteiger partial charge in [0.2, 0.25) is 0 Å². The lowest BCUT2D eigenvalue weighted by Gasteiger charge is -2.17. The van der Waals surface area contributed by atoms with Gasteiger partial charge in [0, 0.05) is 19.0 Å². The van der Waals surface area contributed by atoms with Gasteiger partial charge >= 0.3 is 12.1 Å². The van der Waals surface area contributed by atoms with Crippen molar-refractivity contribution in [3.63, 3.8) is 0 Å². The van der Waals surface area contributed by atoms with E-state index in [9.17, 15) is 9.59 Å². The number of rotatable bonds is 5. The maximum Gasteiger partial charge on any atom is 0.410 e. The summed E-state index contributed by atoms with van der Waals surface area (Å²) in [4.78, 5) is 26.3. The van der Waals surface area contributed by atoms with E-state index in [-0.39, 0.29) is 25.0 Å². The van der Waals surface area contributed by atoms with E-state index >= 15 is 0 Å². The molecule has 1 aliphatic heterocycles. The highest BCUT2D eigenvalue weighted by molar-refractivity contribution is 5.77. The number of esters is 1. The zero-order valence-corrected chi connectivity index (χ0v) is 15.5. The molecule has 3 rings (SSSR count). The fraction of sp³-hybridized carbons (Fsp3) is 0.333. The smallest absolute Gasteiger partial charge is 0.410 e. The van der Waals surface area contributed by atoms with Crippen molar-refractivity contribution in [2.45, 2.75) is 12.5 Å². The minimum atomic E-state index is -0.427. The van der Waals surface area contributed by atoms with Crippen molar-refractivity contribution in [2.24, 2.45) is 5.92 Å². The summed E-state index contributed by atoms with van der Waals surface area (Å²) in [5.41, 5.74) is 1.88. The number of nitrogens with zero attached hydrogens (tertiary/aromatic N) is 1. The van der Waals surface area contributed by atoms with E-state index in [2.05, 4.69) is 0 Å². The number of likely N-dealkylation sites (tertiary alicyclic amines) is 1. The van der Waals surface area contributed by atoms with Crippen LogP contribution in [0, 0.1) is 5.92 Å². The monoisotopic (exact) mass is 369 g/mol. The predicted molar refractivity (Wildman–Crippen MR) is 99.4 cm³/mol. The largest absolute Gasteiger partial charge is 0.497 e. The Morgan fingerprint density at radius 3 is 2.33 bits per heavy atom. The highest BCUT2D eigenvalue weighted by atomic mass is 16.6. The summed E-state index contributed by atoms with van der Waals surface area (Å²) in [6.07, 6.45) is -0.427. The number of ether oxygens (including phenoxy) is 3. The second-order valence-corrected chi connectivity index (χ2v) is 6.45. The molecule has 0 radical (unpaired) electrons. The van der Waals surface area contributed by atoms with Crippen LogP contribution >= 0.6 is 0 Å². The summed E-state index contributed by atoms with van der Waals surface area (Å²) in [5.74, 6) is -0.153. The maximum absolute atomic E-state index is 12.5. The van der Waals surface area contributed by atoms with Crippen LogP contribution in [-0.4, -0.2) is 44.3 Å². The Morgan fingerprint density at radius 1 is 1.00 bits per heavy atom. The normalized spacial score (nSPS) is 18.8. The van der Waals surface area contributed by atoms with Gasteiger partial charge in [0.05, 0.1) is 20.1 Å². The number of carbonyl (C=O) groups is 2. The lowest BCUT2D eigenvalue weighted by molar-refractivity contribution is -0.145. The van der Waals surface area contributed by atoms with Crippen LogP contribution in [0.3, 0.4) is 0 Å². The fourth-order valence-electron chi connectivity index (χ4n) is 3.34. The van der Waals surface area contributed by atoms with E-state index in [4.69, 9.17) is 14.2 Å². The van der Waals surface area contributed by atoms with E-state index < -0.39 is 12.0 Å². The number of hydrogen-bond donors (Lipinski definition) is 0. The predicted octanol–water partition coefficient (Wildman–Crippen LogP) is 3.22. The second-order valence-electron chi connectivity index (χ2n) is 6.45. The zero-order chi connectivity index (χ0) is 19.2. The fourth-order valence-corrected chi connectivity index (χ4v) is 3.34. The van der Waals surface area contributed by atoms with Crippen LogP contribution in [0.15, 0.2) is 54.6 Å². The van der Waals surface area contributed by atoms with Crippen molar-refractivity contribution in [1.29, 1.82) is 0 Å². The molecular formula is C21H23NO5. The molecule has 0 N–H and O–H groups in total. The first-order valence-electron chi connectivity index (χ1n) is 8.79. The van der Waals surface area contributed by atoms with Gasteiger partial charge in [-0.15, -0.1) is 0 Å². The molecule has 1 aliphatic rings. The Bertz CT molecular complexity index is 775. The van der Waals surface area contributed by atoms with Crippen LogP contribution in [0.4, 0.5) is 4.79 Å². The zero-order valence-electron chi connectivity index (χ0n) is 15.5. The average Bonchev–Trinajstić information content (AvgIpc) is 3.18. The van der Waals surface area contributed by atoms with E-state index in [1.807, 2.05) is 54.6 Å². The van der Waals surface area contributed by atoms with Crippen molar-refractivity contribution in [3.05, 3.63) is 65.7 Å². The topological polar surface area (TPSA) is 65.1 Å². The van der Waals surface area contributed by atoms with Gasteiger partial charge in [0.15, 0.2) is 0 Å². The molecule has 1 amide bonds. The van der Waals surface area contributed by atoms with Gasteiger partial charge in [-0.05, 0) is 23.3 Å². The summed E-state index contributed by atoms with van der Waals surface area (Å²) >= 11 is 0. The van der Waals surface area contributed by atoms with Crippen LogP contribution in [0.2, 0.25) is 0 Å². The van der Waals surface area contributed by atoms with Crippen LogP contribution in [0.5, 0.6) is 5.75 Å². The first kappa shape index (κ1) is 18.8. The van der Waals surface area contributed by atoms with Crippen molar-refractivity contribution in [2.75, 3.05) is 27.3 Å². The summed E-state index contributed by atoms with van der Waals surface area (Å²) in [7, 11) is 2.97. The molecule has 0 spiro atoms. The Balaban J connectivity index is 1.70. The number of carbonyl (C=O) groups excluding carboxylic acids is 2. The Hall–Kier alpha value is -3.02. The molecule has 2 atom stereocenters. The molecule has 2 aromatic rings. The Kier molecular flexibility index (Phi) is 5.96. The summed E-state index contributed by atoms with van der Waals surface area (Å²) in [5, 5.41) is 0. The number of benzene rings is 2. The van der Waals surface area contributed by atoms with Gasteiger partial charge in [-0.25, -0.2) is 4.79 Å². The van der Waals surface area contributed by atoms with Crippen LogP contribution in [0.1, 0.15) is 17.0 Å². The van der Waals surface area contributed by atoms with Crippen molar-refractivity contribution >= 4 is 12.1 Å². The summed E-state index contributed by atoms with van der Waals surface area (Å²) in [6.45, 7) is 0.878. The minimum Gasteiger partial charge on any atom is -0.497 e. The van der Waals surface area contributed by atoms with Gasteiger partial charge in [-0.2, -0.15) is 0 Å². The summed E-state index contributed by atoms with van der Waals surface area (Å²) < 4.78 is 15.5. The molecule has 2 aromatic carbocycles. The number of hydrogen-bond acceptors (Lipinski definition) is 5. The third-order valence-corrected chi connectivity index (χ3v) is 4.83. The quantitative estimate of drug-likeness (QED) is 0.757. The van der Waals surface area contributed by atoms with Gasteiger partial charge in [0.1, 0.15) is 12.4 Å². The molecule has 0 saturated carbocycles. The highest BCUT2D eigenvalue weighted by Gasteiger charge is 2.41. The Morgan fingerprint density at radius 2 is 1.70 bits per heavy atom. The van der Waals surface area contributed by atoms with Gasteiger partial charge in [-0.1, -0.05) is 42.5 Å². The van der Waals surface area contributed by atoms with E-state index in [1.165, 1.54) is 7.11 Å². The molecule has 0 bridgehead atoms. The van der Waals surface area contributed by atoms with Gasteiger partial charge < -0.3 is 19.1 Å². The summed E-state index contributed by atoms with van der Waals surface area (Å²) in [6, 6.07) is 17.0. The molecule has 0 aliphatic carbocycles. The lowest BCUT2D eigenvalue weighted by Crippen LogP contribution is -2.30. The van der Waals surface area contributed by atoms with Crippen molar-refractivity contribution in [3.8, 4) is 5.75 Å². The molecule has 6 heteroatoms. The SMILES string of the molecule is COC(=O)C1CN(C(=O)OCc2ccccc2)C[C@H]1c1ccc(OC)cc1. The van der Waals surface area contributed by atoms with E-state index in [0.29, 0.717) is 6.54 Å². The number of methoxy groups -OCH3 is 2. The third-order valence-electron chi connectivity index (χ3n) is 4.83. The molecule has 1 unspecified atom stereocenters. The molecule has 27 heavy (non-hydrogen) atoms.